The molecule has 5 nitrogen and oxygen atoms in total. The van der Waals surface area contributed by atoms with E-state index >= 15 is 0 Å². The summed E-state index contributed by atoms with van der Waals surface area (Å²) in [6.07, 6.45) is -4.42. The Morgan fingerprint density at radius 2 is 1.76 bits per heavy atom. The maximum Gasteiger partial charge on any atom is 0.411 e. The minimum Gasteiger partial charge on any atom is -0.490 e. The van der Waals surface area contributed by atoms with Crippen molar-refractivity contribution in [3.8, 4) is 5.75 Å². The molecule has 0 bridgehead atoms. The highest BCUT2D eigenvalue weighted by Crippen LogP contribution is 2.33. The normalized spacial score (nSPS) is 12.5. The van der Waals surface area contributed by atoms with Crippen molar-refractivity contribution < 1.29 is 31.1 Å². The smallest absolute Gasteiger partial charge is 0.411 e. The number of primary sulfonamides is 1. The van der Waals surface area contributed by atoms with Gasteiger partial charge in [0, 0.05) is 6.07 Å². The van der Waals surface area contributed by atoms with E-state index in [1.54, 1.807) is 0 Å². The molecule has 11 heteroatoms. The van der Waals surface area contributed by atoms with Crippen molar-refractivity contribution in [3.05, 3.63) is 22.2 Å². The summed E-state index contributed by atoms with van der Waals surface area (Å²) in [6, 6.07) is 2.10. The van der Waals surface area contributed by atoms with Crippen LogP contribution in [0, 0.1) is 0 Å². The second kappa shape index (κ2) is 7.01. The van der Waals surface area contributed by atoms with E-state index in [9.17, 15) is 21.6 Å². The number of nitrogens with two attached hydrogens (primary N) is 1. The van der Waals surface area contributed by atoms with E-state index in [0.717, 1.165) is 12.1 Å². The van der Waals surface area contributed by atoms with E-state index < -0.39 is 22.8 Å². The van der Waals surface area contributed by atoms with Crippen LogP contribution in [0.25, 0.3) is 0 Å². The highest BCUT2D eigenvalue weighted by Gasteiger charge is 2.27. The number of sulfonamides is 1. The van der Waals surface area contributed by atoms with Crippen molar-refractivity contribution >= 4 is 33.2 Å². The summed E-state index contributed by atoms with van der Waals surface area (Å²) < 4.78 is 67.2. The molecule has 1 aromatic carbocycles. The molecule has 21 heavy (non-hydrogen) atoms. The van der Waals surface area contributed by atoms with Crippen LogP contribution in [0.5, 0.6) is 5.75 Å². The first-order valence-electron chi connectivity index (χ1n) is 5.30. The van der Waals surface area contributed by atoms with Crippen LogP contribution in [-0.2, 0) is 14.8 Å². The average molecular weight is 368 g/mol. The molecular weight excluding hydrogens is 358 g/mol. The Morgan fingerprint density at radius 1 is 1.14 bits per heavy atom. The average Bonchev–Trinajstić information content (AvgIpc) is 2.29. The molecule has 0 heterocycles. The van der Waals surface area contributed by atoms with Gasteiger partial charge in [-0.1, -0.05) is 23.2 Å². The molecule has 0 fully saturated rings. The fraction of sp³-hybridized carbons (Fsp3) is 0.400. The number of hydrogen-bond acceptors (Lipinski definition) is 4. The van der Waals surface area contributed by atoms with Gasteiger partial charge in [0.25, 0.3) is 0 Å². The summed E-state index contributed by atoms with van der Waals surface area (Å²) in [4.78, 5) is -0.380. The third-order valence-electron chi connectivity index (χ3n) is 2.04. The number of hydrogen-bond donors (Lipinski definition) is 1. The molecule has 1 aromatic rings. The van der Waals surface area contributed by atoms with Gasteiger partial charge in [0.2, 0.25) is 10.0 Å². The summed E-state index contributed by atoms with van der Waals surface area (Å²) in [5.41, 5.74) is 0. The predicted molar refractivity (Wildman–Crippen MR) is 70.2 cm³/mol. The molecule has 0 aliphatic rings. The van der Waals surface area contributed by atoms with E-state index in [2.05, 4.69) is 4.74 Å². The third kappa shape index (κ3) is 6.27. The van der Waals surface area contributed by atoms with Gasteiger partial charge in [-0.05, 0) is 6.07 Å². The van der Waals surface area contributed by atoms with Gasteiger partial charge >= 0.3 is 6.18 Å². The Labute approximate surface area is 128 Å². The van der Waals surface area contributed by atoms with E-state index in [1.165, 1.54) is 0 Å². The minimum atomic E-state index is -4.42. The van der Waals surface area contributed by atoms with E-state index in [-0.39, 0.29) is 33.9 Å². The van der Waals surface area contributed by atoms with Gasteiger partial charge in [0.15, 0.2) is 0 Å². The SMILES string of the molecule is NS(=O)(=O)c1cc(Cl)c(OCCOCC(F)(F)F)cc1Cl. The van der Waals surface area contributed by atoms with Crippen LogP contribution in [-0.4, -0.2) is 34.4 Å². The Kier molecular flexibility index (Phi) is 6.11. The van der Waals surface area contributed by atoms with E-state index in [1.807, 2.05) is 0 Å². The largest absolute Gasteiger partial charge is 0.490 e. The number of benzene rings is 1. The molecule has 120 valence electrons. The van der Waals surface area contributed by atoms with Gasteiger partial charge in [-0.25, -0.2) is 13.6 Å². The summed E-state index contributed by atoms with van der Waals surface area (Å²) in [6.45, 7) is -1.94. The second-order valence-electron chi connectivity index (χ2n) is 3.77. The van der Waals surface area contributed by atoms with Gasteiger partial charge in [-0.3, -0.25) is 0 Å². The molecule has 0 amide bonds. The Bertz CT molecular complexity index is 607. The van der Waals surface area contributed by atoms with Crippen LogP contribution in [0.15, 0.2) is 17.0 Å². The molecule has 2 N–H and O–H groups in total. The molecule has 0 aromatic heterocycles. The fourth-order valence-electron chi connectivity index (χ4n) is 1.24. The van der Waals surface area contributed by atoms with Crippen LogP contribution in [0.3, 0.4) is 0 Å². The summed E-state index contributed by atoms with van der Waals surface area (Å²) in [5.74, 6) is 0.00433. The van der Waals surface area contributed by atoms with Crippen molar-refractivity contribution in [3.63, 3.8) is 0 Å². The zero-order chi connectivity index (χ0) is 16.3. The fourth-order valence-corrected chi connectivity index (χ4v) is 2.61. The molecule has 0 saturated heterocycles. The first-order valence-corrected chi connectivity index (χ1v) is 7.60. The lowest BCUT2D eigenvalue weighted by molar-refractivity contribution is -0.175. The lowest BCUT2D eigenvalue weighted by Crippen LogP contribution is -2.19. The third-order valence-corrected chi connectivity index (χ3v) is 3.71. The lowest BCUT2D eigenvalue weighted by Gasteiger charge is -2.11. The van der Waals surface area contributed by atoms with Gasteiger partial charge in [0.05, 0.1) is 16.7 Å². The predicted octanol–water partition coefficient (Wildman–Crippen LogP) is 2.60. The first-order chi connectivity index (χ1) is 9.50. The van der Waals surface area contributed by atoms with Crippen molar-refractivity contribution in [2.45, 2.75) is 11.1 Å². The zero-order valence-corrected chi connectivity index (χ0v) is 12.6. The van der Waals surface area contributed by atoms with Crippen molar-refractivity contribution in [1.29, 1.82) is 0 Å². The zero-order valence-electron chi connectivity index (χ0n) is 10.3. The van der Waals surface area contributed by atoms with Crippen LogP contribution >= 0.6 is 23.2 Å². The van der Waals surface area contributed by atoms with Gasteiger partial charge in [-0.2, -0.15) is 13.2 Å². The lowest BCUT2D eigenvalue weighted by atomic mass is 10.3. The molecule has 0 unspecified atom stereocenters. The van der Waals surface area contributed by atoms with Crippen molar-refractivity contribution in [1.82, 2.24) is 0 Å². The molecular formula is C10H10Cl2F3NO4S. The Morgan fingerprint density at radius 3 is 2.29 bits per heavy atom. The van der Waals surface area contributed by atoms with Crippen LogP contribution in [0.2, 0.25) is 10.0 Å². The van der Waals surface area contributed by atoms with Gasteiger partial charge < -0.3 is 9.47 Å². The van der Waals surface area contributed by atoms with Crippen molar-refractivity contribution in [2.24, 2.45) is 5.14 Å². The maximum absolute atomic E-state index is 11.8. The Hall–Kier alpha value is -0.740. The van der Waals surface area contributed by atoms with Crippen LogP contribution in [0.4, 0.5) is 13.2 Å². The Balaban J connectivity index is 2.64. The quantitative estimate of drug-likeness (QED) is 0.783. The molecule has 0 atom stereocenters. The molecule has 0 saturated carbocycles. The van der Waals surface area contributed by atoms with Crippen molar-refractivity contribution in [2.75, 3.05) is 19.8 Å². The minimum absolute atomic E-state index is 0.00433. The van der Waals surface area contributed by atoms with Crippen LogP contribution < -0.4 is 9.88 Å². The second-order valence-corrected chi connectivity index (χ2v) is 6.12. The van der Waals surface area contributed by atoms with Crippen LogP contribution in [0.1, 0.15) is 0 Å². The number of alkyl halides is 3. The highest BCUT2D eigenvalue weighted by molar-refractivity contribution is 7.89. The summed E-state index contributed by atoms with van der Waals surface area (Å²) in [5, 5.41) is 4.61. The molecule has 0 aliphatic heterocycles. The molecule has 0 radical (unpaired) electrons. The number of ether oxygens (including phenoxy) is 2. The highest BCUT2D eigenvalue weighted by atomic mass is 35.5. The standard InChI is InChI=1S/C10H10Cl2F3NO4S/c11-6-4-9(21(16,17)18)7(12)3-8(6)20-2-1-19-5-10(13,14)15/h3-4H,1-2,5H2,(H2,16,17,18). The van der Waals surface area contributed by atoms with E-state index in [4.69, 9.17) is 33.1 Å². The van der Waals surface area contributed by atoms with Gasteiger partial charge in [-0.15, -0.1) is 0 Å². The summed E-state index contributed by atoms with van der Waals surface area (Å²) in [7, 11) is -4.04. The first kappa shape index (κ1) is 18.3. The van der Waals surface area contributed by atoms with E-state index in [0.29, 0.717) is 0 Å². The number of halogens is 5. The topological polar surface area (TPSA) is 78.6 Å². The monoisotopic (exact) mass is 367 g/mol. The number of rotatable bonds is 6. The molecule has 1 rings (SSSR count). The maximum atomic E-state index is 11.8. The molecule has 0 aliphatic carbocycles. The molecule has 0 spiro atoms. The van der Waals surface area contributed by atoms with Gasteiger partial charge in [0.1, 0.15) is 23.9 Å². The summed E-state index contributed by atoms with van der Waals surface area (Å²) >= 11 is 11.5.